The van der Waals surface area contributed by atoms with Crippen LogP contribution in [0.25, 0.3) is 0 Å². The summed E-state index contributed by atoms with van der Waals surface area (Å²) in [6.45, 7) is 8.98. The van der Waals surface area contributed by atoms with E-state index in [2.05, 4.69) is 5.32 Å². The zero-order valence-corrected chi connectivity index (χ0v) is 20.6. The Kier molecular flexibility index (Phi) is 6.96. The molecule has 0 bridgehead atoms. The maximum absolute atomic E-state index is 13.7. The second kappa shape index (κ2) is 9.77. The van der Waals surface area contributed by atoms with Crippen LogP contribution >= 0.6 is 0 Å². The monoisotopic (exact) mass is 466 g/mol. The van der Waals surface area contributed by atoms with Crippen molar-refractivity contribution in [1.82, 2.24) is 10.2 Å². The van der Waals surface area contributed by atoms with Gasteiger partial charge in [-0.3, -0.25) is 9.59 Å². The molecule has 0 spiro atoms. The summed E-state index contributed by atoms with van der Waals surface area (Å²) in [5, 5.41) is 3.00. The van der Waals surface area contributed by atoms with Gasteiger partial charge >= 0.3 is 0 Å². The number of hydrogen-bond acceptors (Lipinski definition) is 3. The Morgan fingerprint density at radius 2 is 1.85 bits per heavy atom. The van der Waals surface area contributed by atoms with Gasteiger partial charge in [0.15, 0.2) is 6.10 Å². The number of fused-ring (bicyclic) bond motifs is 1. The largest absolute Gasteiger partial charge is 0.481 e. The molecule has 5 nitrogen and oxygen atoms in total. The Labute approximate surface area is 201 Å². The van der Waals surface area contributed by atoms with Gasteiger partial charge in [-0.15, -0.1) is 0 Å². The molecule has 2 aliphatic rings. The maximum atomic E-state index is 13.7. The van der Waals surface area contributed by atoms with Crippen molar-refractivity contribution >= 4 is 11.8 Å². The third-order valence-corrected chi connectivity index (χ3v) is 6.64. The van der Waals surface area contributed by atoms with Gasteiger partial charge in [0, 0.05) is 18.5 Å². The first kappa shape index (κ1) is 24.2. The zero-order chi connectivity index (χ0) is 24.5. The predicted octanol–water partition coefficient (Wildman–Crippen LogP) is 5.03. The molecule has 1 N–H and O–H groups in total. The van der Waals surface area contributed by atoms with Crippen LogP contribution < -0.4 is 10.1 Å². The molecule has 1 aliphatic carbocycles. The summed E-state index contributed by atoms with van der Waals surface area (Å²) in [6.07, 6.45) is 3.07. The molecule has 1 heterocycles. The quantitative estimate of drug-likeness (QED) is 0.623. The first-order valence-corrected chi connectivity index (χ1v) is 12.3. The van der Waals surface area contributed by atoms with Crippen molar-refractivity contribution in [3.63, 3.8) is 0 Å². The number of nitrogens with one attached hydrogen (secondary N) is 1. The fourth-order valence-corrected chi connectivity index (χ4v) is 4.49. The van der Waals surface area contributed by atoms with Crippen LogP contribution in [0.5, 0.6) is 5.75 Å². The minimum Gasteiger partial charge on any atom is -0.481 e. The van der Waals surface area contributed by atoms with Gasteiger partial charge in [0.25, 0.3) is 5.91 Å². The number of carbonyl (C=O) groups excluding carboxylic acids is 2. The summed E-state index contributed by atoms with van der Waals surface area (Å²) in [5.74, 6) is 0.849. The standard InChI is InChI=1S/C28H35FN2O3/c1-5-24(26(32)30-17-18-6-7-18)34-22-13-10-19-14-15-31(27(33)28(2,3)4)25(23(19)16-22)20-8-11-21(29)12-9-20/h8-13,16,18,24-25H,5-7,14-15,17H2,1-4H3,(H,30,32)/t24-,25+/m1/s1. The normalized spacial score (nSPS) is 18.7. The zero-order valence-electron chi connectivity index (χ0n) is 20.6. The number of amides is 2. The van der Waals surface area contributed by atoms with Crippen molar-refractivity contribution in [2.45, 2.75) is 65.5 Å². The maximum Gasteiger partial charge on any atom is 0.261 e. The van der Waals surface area contributed by atoms with E-state index >= 15 is 0 Å². The number of benzene rings is 2. The first-order valence-electron chi connectivity index (χ1n) is 12.3. The van der Waals surface area contributed by atoms with Crippen molar-refractivity contribution < 1.29 is 18.7 Å². The van der Waals surface area contributed by atoms with E-state index in [1.165, 1.54) is 25.0 Å². The van der Waals surface area contributed by atoms with E-state index in [0.29, 0.717) is 31.2 Å². The summed E-state index contributed by atoms with van der Waals surface area (Å²) in [4.78, 5) is 27.9. The third-order valence-electron chi connectivity index (χ3n) is 6.64. The summed E-state index contributed by atoms with van der Waals surface area (Å²) in [6, 6.07) is 11.9. The van der Waals surface area contributed by atoms with Gasteiger partial charge in [-0.05, 0) is 72.6 Å². The van der Waals surface area contributed by atoms with E-state index in [4.69, 9.17) is 4.74 Å². The van der Waals surface area contributed by atoms with Gasteiger partial charge in [-0.25, -0.2) is 4.39 Å². The summed E-state index contributed by atoms with van der Waals surface area (Å²) >= 11 is 0. The van der Waals surface area contributed by atoms with E-state index in [1.807, 2.05) is 50.8 Å². The van der Waals surface area contributed by atoms with E-state index < -0.39 is 11.5 Å². The smallest absolute Gasteiger partial charge is 0.261 e. The number of ether oxygens (including phenoxy) is 1. The van der Waals surface area contributed by atoms with Crippen LogP contribution in [-0.2, 0) is 16.0 Å². The first-order chi connectivity index (χ1) is 16.2. The van der Waals surface area contributed by atoms with Crippen molar-refractivity contribution in [3.8, 4) is 5.75 Å². The van der Waals surface area contributed by atoms with Crippen LogP contribution in [0.2, 0.25) is 0 Å². The van der Waals surface area contributed by atoms with E-state index in [0.717, 1.165) is 23.1 Å². The fourth-order valence-electron chi connectivity index (χ4n) is 4.49. The molecule has 34 heavy (non-hydrogen) atoms. The van der Waals surface area contributed by atoms with Crippen molar-refractivity contribution in [1.29, 1.82) is 0 Å². The molecule has 1 fully saturated rings. The van der Waals surface area contributed by atoms with Crippen molar-refractivity contribution in [2.75, 3.05) is 13.1 Å². The fraction of sp³-hybridized carbons (Fsp3) is 0.500. The highest BCUT2D eigenvalue weighted by molar-refractivity contribution is 5.83. The average Bonchev–Trinajstić information content (AvgIpc) is 3.64. The second-order valence-electron chi connectivity index (χ2n) is 10.5. The highest BCUT2D eigenvalue weighted by atomic mass is 19.1. The molecule has 0 aromatic heterocycles. The lowest BCUT2D eigenvalue weighted by Crippen LogP contribution is -2.45. The summed E-state index contributed by atoms with van der Waals surface area (Å²) in [7, 11) is 0. The molecule has 0 radical (unpaired) electrons. The van der Waals surface area contributed by atoms with Crippen molar-refractivity contribution in [3.05, 3.63) is 65.0 Å². The van der Waals surface area contributed by atoms with Crippen molar-refractivity contribution in [2.24, 2.45) is 11.3 Å². The molecule has 2 aromatic rings. The molecule has 0 unspecified atom stereocenters. The molecule has 1 aliphatic heterocycles. The van der Waals surface area contributed by atoms with Gasteiger partial charge in [-0.2, -0.15) is 0 Å². The predicted molar refractivity (Wildman–Crippen MR) is 130 cm³/mol. The lowest BCUT2D eigenvalue weighted by molar-refractivity contribution is -0.141. The Bertz CT molecular complexity index is 1040. The SMILES string of the molecule is CC[C@@H](Oc1ccc2c(c1)[C@H](c1ccc(F)cc1)N(C(=O)C(C)(C)C)CC2)C(=O)NCC1CC1. The Balaban J connectivity index is 1.65. The number of carbonyl (C=O) groups is 2. The van der Waals surface area contributed by atoms with Gasteiger partial charge in [-0.1, -0.05) is 45.9 Å². The second-order valence-corrected chi connectivity index (χ2v) is 10.5. The summed E-state index contributed by atoms with van der Waals surface area (Å²) < 4.78 is 19.8. The number of hydrogen-bond donors (Lipinski definition) is 1. The number of rotatable bonds is 7. The van der Waals surface area contributed by atoms with E-state index in [-0.39, 0.29) is 23.7 Å². The van der Waals surface area contributed by atoms with Crippen LogP contribution in [0, 0.1) is 17.2 Å². The van der Waals surface area contributed by atoms with Gasteiger partial charge in [0.1, 0.15) is 11.6 Å². The molecule has 182 valence electrons. The van der Waals surface area contributed by atoms with Crippen LogP contribution in [0.1, 0.15) is 69.7 Å². The lowest BCUT2D eigenvalue weighted by Gasteiger charge is -2.41. The Morgan fingerprint density at radius 3 is 2.47 bits per heavy atom. The minimum absolute atomic E-state index is 0.0460. The molecule has 4 rings (SSSR count). The molecule has 2 amide bonds. The number of nitrogens with zero attached hydrogens (tertiary/aromatic N) is 1. The Hall–Kier alpha value is -2.89. The molecule has 2 atom stereocenters. The van der Waals surface area contributed by atoms with Crippen LogP contribution in [0.4, 0.5) is 4.39 Å². The highest BCUT2D eigenvalue weighted by Crippen LogP contribution is 2.39. The minimum atomic E-state index is -0.572. The van der Waals surface area contributed by atoms with Gasteiger partial charge < -0.3 is 15.0 Å². The highest BCUT2D eigenvalue weighted by Gasteiger charge is 2.37. The van der Waals surface area contributed by atoms with Gasteiger partial charge in [0.2, 0.25) is 5.91 Å². The number of halogens is 1. The van der Waals surface area contributed by atoms with E-state index in [9.17, 15) is 14.0 Å². The Morgan fingerprint density at radius 1 is 1.15 bits per heavy atom. The van der Waals surface area contributed by atoms with Crippen LogP contribution in [-0.4, -0.2) is 35.9 Å². The van der Waals surface area contributed by atoms with Crippen LogP contribution in [0.3, 0.4) is 0 Å². The molecule has 6 heteroatoms. The molecular weight excluding hydrogens is 431 g/mol. The third kappa shape index (κ3) is 5.43. The van der Waals surface area contributed by atoms with Crippen LogP contribution in [0.15, 0.2) is 42.5 Å². The summed E-state index contributed by atoms with van der Waals surface area (Å²) in [5.41, 5.74) is 2.40. The topological polar surface area (TPSA) is 58.6 Å². The molecule has 1 saturated carbocycles. The lowest BCUT2D eigenvalue weighted by atomic mass is 9.85. The molecule has 2 aromatic carbocycles. The average molecular weight is 467 g/mol. The van der Waals surface area contributed by atoms with E-state index in [1.54, 1.807) is 12.1 Å². The molecule has 0 saturated heterocycles. The van der Waals surface area contributed by atoms with Gasteiger partial charge in [0.05, 0.1) is 6.04 Å². The molecular formula is C28H35FN2O3.